The molecule has 0 aliphatic heterocycles. The van der Waals surface area contributed by atoms with Gasteiger partial charge in [-0.1, -0.05) is 30.3 Å². The summed E-state index contributed by atoms with van der Waals surface area (Å²) in [7, 11) is 0. The predicted molar refractivity (Wildman–Crippen MR) is 107 cm³/mol. The summed E-state index contributed by atoms with van der Waals surface area (Å²) in [5.74, 6) is -1.86. The SMILES string of the molecule is O=C(C=Cc1ccccc1)Nc1ccc(C(=O)O)c(Nc2ccc(F)cc2)c1. The largest absolute Gasteiger partial charge is 0.478 e. The number of halogens is 1. The predicted octanol–water partition coefficient (Wildman–Crippen LogP) is 4.92. The first kappa shape index (κ1) is 18.8. The Hall–Kier alpha value is -3.93. The van der Waals surface area contributed by atoms with Crippen LogP contribution in [0.4, 0.5) is 21.5 Å². The lowest BCUT2D eigenvalue weighted by molar-refractivity contribution is -0.111. The number of anilines is 3. The second kappa shape index (κ2) is 8.64. The van der Waals surface area contributed by atoms with Crippen LogP contribution in [0.2, 0.25) is 0 Å². The van der Waals surface area contributed by atoms with Gasteiger partial charge in [0, 0.05) is 17.5 Å². The summed E-state index contributed by atoms with van der Waals surface area (Å²) in [5, 5.41) is 15.0. The van der Waals surface area contributed by atoms with E-state index in [-0.39, 0.29) is 17.2 Å². The van der Waals surface area contributed by atoms with Crippen LogP contribution in [0.15, 0.2) is 78.9 Å². The van der Waals surface area contributed by atoms with E-state index >= 15 is 0 Å². The van der Waals surface area contributed by atoms with Crippen molar-refractivity contribution in [2.24, 2.45) is 0 Å². The molecule has 1 amide bonds. The van der Waals surface area contributed by atoms with Crippen molar-refractivity contribution in [3.8, 4) is 0 Å². The minimum Gasteiger partial charge on any atom is -0.478 e. The summed E-state index contributed by atoms with van der Waals surface area (Å²) in [6, 6.07) is 19.3. The van der Waals surface area contributed by atoms with Gasteiger partial charge in [0.2, 0.25) is 5.91 Å². The van der Waals surface area contributed by atoms with Crippen molar-refractivity contribution in [2.75, 3.05) is 10.6 Å². The molecule has 0 atom stereocenters. The van der Waals surface area contributed by atoms with Crippen LogP contribution in [-0.2, 0) is 4.79 Å². The molecule has 3 N–H and O–H groups in total. The van der Waals surface area contributed by atoms with Crippen LogP contribution in [0.3, 0.4) is 0 Å². The molecule has 0 saturated heterocycles. The summed E-state index contributed by atoms with van der Waals surface area (Å²) in [6.45, 7) is 0. The molecular weight excluding hydrogens is 359 g/mol. The molecule has 3 aromatic rings. The zero-order valence-electron chi connectivity index (χ0n) is 14.7. The Morgan fingerprint density at radius 1 is 0.893 bits per heavy atom. The molecule has 0 radical (unpaired) electrons. The van der Waals surface area contributed by atoms with Crippen LogP contribution in [0.5, 0.6) is 0 Å². The number of nitrogens with one attached hydrogen (secondary N) is 2. The minimum atomic E-state index is -1.12. The average Bonchev–Trinajstić information content (AvgIpc) is 2.69. The first-order valence-electron chi connectivity index (χ1n) is 8.45. The molecule has 0 bridgehead atoms. The van der Waals surface area contributed by atoms with E-state index < -0.39 is 11.8 Å². The summed E-state index contributed by atoms with van der Waals surface area (Å²) in [6.07, 6.45) is 3.08. The minimum absolute atomic E-state index is 0.0298. The van der Waals surface area contributed by atoms with Gasteiger partial charge in [-0.05, 0) is 54.1 Å². The Balaban J connectivity index is 1.78. The molecule has 0 aliphatic carbocycles. The topological polar surface area (TPSA) is 78.4 Å². The third-order valence-electron chi connectivity index (χ3n) is 3.87. The molecule has 0 spiro atoms. The van der Waals surface area contributed by atoms with Crippen molar-refractivity contribution in [1.29, 1.82) is 0 Å². The zero-order valence-corrected chi connectivity index (χ0v) is 14.7. The fourth-order valence-corrected chi connectivity index (χ4v) is 2.52. The molecule has 0 saturated carbocycles. The van der Waals surface area contributed by atoms with Crippen molar-refractivity contribution in [1.82, 2.24) is 0 Å². The van der Waals surface area contributed by atoms with E-state index in [9.17, 15) is 19.1 Å². The van der Waals surface area contributed by atoms with Gasteiger partial charge in [-0.2, -0.15) is 0 Å². The molecule has 0 aliphatic rings. The number of carbonyl (C=O) groups is 2. The lowest BCUT2D eigenvalue weighted by Crippen LogP contribution is -2.09. The van der Waals surface area contributed by atoms with E-state index in [2.05, 4.69) is 10.6 Å². The number of carboxylic acids is 1. The monoisotopic (exact) mass is 376 g/mol. The summed E-state index contributed by atoms with van der Waals surface area (Å²) in [4.78, 5) is 23.6. The zero-order chi connectivity index (χ0) is 19.9. The average molecular weight is 376 g/mol. The number of amides is 1. The lowest BCUT2D eigenvalue weighted by Gasteiger charge is -2.12. The van der Waals surface area contributed by atoms with Crippen molar-refractivity contribution in [3.05, 3.63) is 95.8 Å². The highest BCUT2D eigenvalue weighted by Crippen LogP contribution is 2.25. The highest BCUT2D eigenvalue weighted by atomic mass is 19.1. The first-order chi connectivity index (χ1) is 13.5. The van der Waals surface area contributed by atoms with Crippen molar-refractivity contribution in [2.45, 2.75) is 0 Å². The van der Waals surface area contributed by atoms with E-state index in [1.54, 1.807) is 6.08 Å². The number of rotatable bonds is 6. The number of hydrogen-bond donors (Lipinski definition) is 3. The molecule has 140 valence electrons. The summed E-state index contributed by atoms with van der Waals surface area (Å²) >= 11 is 0. The van der Waals surface area contributed by atoms with Gasteiger partial charge >= 0.3 is 5.97 Å². The first-order valence-corrected chi connectivity index (χ1v) is 8.45. The van der Waals surface area contributed by atoms with E-state index in [1.165, 1.54) is 48.5 Å². The molecular formula is C22H17FN2O3. The van der Waals surface area contributed by atoms with Crippen molar-refractivity contribution < 1.29 is 19.1 Å². The Bertz CT molecular complexity index is 1020. The summed E-state index contributed by atoms with van der Waals surface area (Å²) < 4.78 is 13.1. The third-order valence-corrected chi connectivity index (χ3v) is 3.87. The molecule has 5 nitrogen and oxygen atoms in total. The standard InChI is InChI=1S/C22H17FN2O3/c23-16-7-9-17(10-8-16)24-20-14-18(11-12-19(20)22(27)28)25-21(26)13-6-15-4-2-1-3-5-15/h1-14,24H,(H,25,26)(H,27,28). The van der Waals surface area contributed by atoms with Gasteiger partial charge in [-0.3, -0.25) is 4.79 Å². The second-order valence-corrected chi connectivity index (χ2v) is 5.93. The van der Waals surface area contributed by atoms with Gasteiger partial charge in [0.05, 0.1) is 11.3 Å². The third kappa shape index (κ3) is 5.04. The number of aromatic carboxylic acids is 1. The Morgan fingerprint density at radius 2 is 1.57 bits per heavy atom. The highest BCUT2D eigenvalue weighted by Gasteiger charge is 2.12. The van der Waals surface area contributed by atoms with Crippen LogP contribution in [0, 0.1) is 5.82 Å². The number of hydrogen-bond acceptors (Lipinski definition) is 3. The van der Waals surface area contributed by atoms with Gasteiger partial charge in [0.1, 0.15) is 5.82 Å². The number of benzene rings is 3. The molecule has 0 heterocycles. The van der Waals surface area contributed by atoms with Crippen LogP contribution >= 0.6 is 0 Å². The highest BCUT2D eigenvalue weighted by molar-refractivity contribution is 6.03. The number of carboxylic acid groups (broad SMARTS) is 1. The molecule has 6 heteroatoms. The van der Waals surface area contributed by atoms with Gasteiger partial charge in [0.15, 0.2) is 0 Å². The Morgan fingerprint density at radius 3 is 2.25 bits per heavy atom. The van der Waals surface area contributed by atoms with Gasteiger partial charge < -0.3 is 15.7 Å². The van der Waals surface area contributed by atoms with Crippen molar-refractivity contribution >= 4 is 35.0 Å². The fraction of sp³-hybridized carbons (Fsp3) is 0. The maximum Gasteiger partial charge on any atom is 0.337 e. The van der Waals surface area contributed by atoms with Crippen LogP contribution < -0.4 is 10.6 Å². The molecule has 28 heavy (non-hydrogen) atoms. The lowest BCUT2D eigenvalue weighted by atomic mass is 10.1. The molecule has 3 rings (SSSR count). The maximum absolute atomic E-state index is 13.1. The smallest absolute Gasteiger partial charge is 0.337 e. The quantitative estimate of drug-likeness (QED) is 0.534. The van der Waals surface area contributed by atoms with Crippen LogP contribution in [0.1, 0.15) is 15.9 Å². The second-order valence-electron chi connectivity index (χ2n) is 5.93. The molecule has 0 aromatic heterocycles. The number of carbonyl (C=O) groups excluding carboxylic acids is 1. The fourth-order valence-electron chi connectivity index (χ4n) is 2.52. The molecule has 0 fully saturated rings. The van der Waals surface area contributed by atoms with Crippen molar-refractivity contribution in [3.63, 3.8) is 0 Å². The Kier molecular flexibility index (Phi) is 5.81. The van der Waals surface area contributed by atoms with Gasteiger partial charge in [0.25, 0.3) is 0 Å². The Labute approximate surface area is 161 Å². The maximum atomic E-state index is 13.1. The normalized spacial score (nSPS) is 10.6. The van der Waals surface area contributed by atoms with Crippen LogP contribution in [0.25, 0.3) is 6.08 Å². The van der Waals surface area contributed by atoms with E-state index in [1.807, 2.05) is 30.3 Å². The van der Waals surface area contributed by atoms with Gasteiger partial charge in [-0.15, -0.1) is 0 Å². The van der Waals surface area contributed by atoms with E-state index in [0.717, 1.165) is 5.56 Å². The van der Waals surface area contributed by atoms with Crippen LogP contribution in [-0.4, -0.2) is 17.0 Å². The summed E-state index contributed by atoms with van der Waals surface area (Å²) in [5.41, 5.74) is 2.15. The molecule has 0 unspecified atom stereocenters. The van der Waals surface area contributed by atoms with E-state index in [0.29, 0.717) is 11.4 Å². The van der Waals surface area contributed by atoms with Gasteiger partial charge in [-0.25, -0.2) is 9.18 Å². The molecule has 3 aromatic carbocycles. The van der Waals surface area contributed by atoms with E-state index in [4.69, 9.17) is 0 Å².